The Hall–Kier alpha value is -1.36. The first-order chi connectivity index (χ1) is 8.72. The molecule has 1 aliphatic rings. The predicted octanol–water partition coefficient (Wildman–Crippen LogP) is 3.00. The lowest BCUT2D eigenvalue weighted by Gasteiger charge is -2.15. The van der Waals surface area contributed by atoms with Crippen molar-refractivity contribution in [2.24, 2.45) is 5.41 Å². The number of anilines is 1. The summed E-state index contributed by atoms with van der Waals surface area (Å²) in [5, 5.41) is 11.3. The predicted molar refractivity (Wildman–Crippen MR) is 71.8 cm³/mol. The largest absolute Gasteiger partial charge is 0.369 e. The molecule has 0 atom stereocenters. The SMILES string of the molecule is CCCC1(CNc2nc(Cl)nc3[nH]ncc23)CC1. The van der Waals surface area contributed by atoms with Crippen LogP contribution in [-0.2, 0) is 0 Å². The summed E-state index contributed by atoms with van der Waals surface area (Å²) in [7, 11) is 0. The first-order valence-electron chi connectivity index (χ1n) is 6.33. The van der Waals surface area contributed by atoms with E-state index in [1.807, 2.05) is 0 Å². The highest BCUT2D eigenvalue weighted by Crippen LogP contribution is 2.49. The van der Waals surface area contributed by atoms with Gasteiger partial charge in [0.05, 0.1) is 11.6 Å². The molecule has 0 amide bonds. The van der Waals surface area contributed by atoms with Crippen molar-refractivity contribution in [3.63, 3.8) is 0 Å². The Morgan fingerprint density at radius 3 is 3.00 bits per heavy atom. The number of halogens is 1. The Balaban J connectivity index is 1.80. The topological polar surface area (TPSA) is 66.5 Å². The second-order valence-electron chi connectivity index (χ2n) is 5.08. The van der Waals surface area contributed by atoms with Gasteiger partial charge in [0.2, 0.25) is 5.28 Å². The van der Waals surface area contributed by atoms with Crippen LogP contribution >= 0.6 is 11.6 Å². The fraction of sp³-hybridized carbons (Fsp3) is 0.583. The number of aromatic nitrogens is 4. The summed E-state index contributed by atoms with van der Waals surface area (Å²) < 4.78 is 0. The van der Waals surface area contributed by atoms with Crippen molar-refractivity contribution in [2.75, 3.05) is 11.9 Å². The van der Waals surface area contributed by atoms with Crippen molar-refractivity contribution < 1.29 is 0 Å². The van der Waals surface area contributed by atoms with Crippen LogP contribution in [0.2, 0.25) is 5.28 Å². The molecule has 2 N–H and O–H groups in total. The van der Waals surface area contributed by atoms with Gasteiger partial charge < -0.3 is 5.32 Å². The summed E-state index contributed by atoms with van der Waals surface area (Å²) in [6.45, 7) is 3.18. The molecule has 0 unspecified atom stereocenters. The monoisotopic (exact) mass is 265 g/mol. The highest BCUT2D eigenvalue weighted by atomic mass is 35.5. The van der Waals surface area contributed by atoms with E-state index in [-0.39, 0.29) is 5.28 Å². The van der Waals surface area contributed by atoms with Crippen LogP contribution in [0, 0.1) is 5.41 Å². The minimum Gasteiger partial charge on any atom is -0.369 e. The molecule has 5 nitrogen and oxygen atoms in total. The van der Waals surface area contributed by atoms with Crippen molar-refractivity contribution >= 4 is 28.5 Å². The van der Waals surface area contributed by atoms with Gasteiger partial charge in [-0.25, -0.2) is 0 Å². The van der Waals surface area contributed by atoms with Crippen LogP contribution in [-0.4, -0.2) is 26.7 Å². The number of H-pyrrole nitrogens is 1. The van der Waals surface area contributed by atoms with E-state index < -0.39 is 0 Å². The summed E-state index contributed by atoms with van der Waals surface area (Å²) in [4.78, 5) is 8.34. The van der Waals surface area contributed by atoms with E-state index in [1.165, 1.54) is 25.7 Å². The number of hydrogen-bond donors (Lipinski definition) is 2. The van der Waals surface area contributed by atoms with Crippen LogP contribution < -0.4 is 5.32 Å². The second-order valence-corrected chi connectivity index (χ2v) is 5.42. The number of aromatic amines is 1. The zero-order valence-corrected chi connectivity index (χ0v) is 11.1. The zero-order valence-electron chi connectivity index (χ0n) is 10.3. The smallest absolute Gasteiger partial charge is 0.226 e. The number of nitrogens with one attached hydrogen (secondary N) is 2. The molecular formula is C12H16ClN5. The lowest BCUT2D eigenvalue weighted by Crippen LogP contribution is -2.16. The van der Waals surface area contributed by atoms with Gasteiger partial charge in [-0.3, -0.25) is 5.10 Å². The van der Waals surface area contributed by atoms with Crippen molar-refractivity contribution in [2.45, 2.75) is 32.6 Å². The van der Waals surface area contributed by atoms with Gasteiger partial charge in [0.25, 0.3) is 0 Å². The van der Waals surface area contributed by atoms with Crippen LogP contribution in [0.5, 0.6) is 0 Å². The molecule has 1 aliphatic carbocycles. The Labute approximate surface area is 110 Å². The highest BCUT2D eigenvalue weighted by Gasteiger charge is 2.41. The molecular weight excluding hydrogens is 250 g/mol. The van der Waals surface area contributed by atoms with Crippen molar-refractivity contribution in [3.05, 3.63) is 11.5 Å². The van der Waals surface area contributed by atoms with Crippen LogP contribution in [0.1, 0.15) is 32.6 Å². The van der Waals surface area contributed by atoms with Crippen molar-refractivity contribution in [1.82, 2.24) is 20.2 Å². The zero-order chi connectivity index (χ0) is 12.6. The van der Waals surface area contributed by atoms with Gasteiger partial charge in [-0.1, -0.05) is 13.3 Å². The molecule has 2 aromatic heterocycles. The molecule has 0 aliphatic heterocycles. The maximum absolute atomic E-state index is 5.90. The lowest BCUT2D eigenvalue weighted by molar-refractivity contribution is 0.485. The third-order valence-electron chi connectivity index (χ3n) is 3.65. The molecule has 0 radical (unpaired) electrons. The fourth-order valence-corrected chi connectivity index (χ4v) is 2.60. The van der Waals surface area contributed by atoms with Gasteiger partial charge in [-0.15, -0.1) is 0 Å². The minimum absolute atomic E-state index is 0.245. The van der Waals surface area contributed by atoms with E-state index in [1.54, 1.807) is 6.20 Å². The van der Waals surface area contributed by atoms with Crippen LogP contribution in [0.4, 0.5) is 5.82 Å². The molecule has 1 saturated carbocycles. The van der Waals surface area contributed by atoms with Gasteiger partial charge in [0, 0.05) is 6.54 Å². The quantitative estimate of drug-likeness (QED) is 0.816. The highest BCUT2D eigenvalue weighted by molar-refractivity contribution is 6.28. The Morgan fingerprint density at radius 2 is 2.28 bits per heavy atom. The Kier molecular flexibility index (Phi) is 2.86. The molecule has 6 heteroatoms. The number of nitrogens with zero attached hydrogens (tertiary/aromatic N) is 3. The second kappa shape index (κ2) is 4.39. The number of fused-ring (bicyclic) bond motifs is 1. The maximum Gasteiger partial charge on any atom is 0.226 e. The van der Waals surface area contributed by atoms with Gasteiger partial charge in [0.15, 0.2) is 5.65 Å². The van der Waals surface area contributed by atoms with E-state index in [0.717, 1.165) is 17.7 Å². The number of rotatable bonds is 5. The van der Waals surface area contributed by atoms with Crippen LogP contribution in [0.15, 0.2) is 6.20 Å². The average Bonchev–Trinajstić information content (AvgIpc) is 2.94. The molecule has 2 aromatic rings. The van der Waals surface area contributed by atoms with E-state index in [4.69, 9.17) is 11.6 Å². The molecule has 0 spiro atoms. The first-order valence-corrected chi connectivity index (χ1v) is 6.71. The van der Waals surface area contributed by atoms with Crippen LogP contribution in [0.25, 0.3) is 11.0 Å². The van der Waals surface area contributed by atoms with Crippen molar-refractivity contribution in [1.29, 1.82) is 0 Å². The summed E-state index contributed by atoms with van der Waals surface area (Å²) >= 11 is 5.90. The van der Waals surface area contributed by atoms with Crippen LogP contribution in [0.3, 0.4) is 0 Å². The van der Waals surface area contributed by atoms with Crippen molar-refractivity contribution in [3.8, 4) is 0 Å². The summed E-state index contributed by atoms with van der Waals surface area (Å²) in [6, 6.07) is 0. The minimum atomic E-state index is 0.245. The van der Waals surface area contributed by atoms with E-state index in [2.05, 4.69) is 32.4 Å². The molecule has 96 valence electrons. The summed E-state index contributed by atoms with van der Waals surface area (Å²) in [6.07, 6.45) is 6.84. The van der Waals surface area contributed by atoms with E-state index >= 15 is 0 Å². The molecule has 1 fully saturated rings. The average molecular weight is 266 g/mol. The first kappa shape index (κ1) is 11.7. The fourth-order valence-electron chi connectivity index (χ4n) is 2.44. The van der Waals surface area contributed by atoms with E-state index in [0.29, 0.717) is 11.1 Å². The van der Waals surface area contributed by atoms with Gasteiger partial charge in [0.1, 0.15) is 5.82 Å². The Morgan fingerprint density at radius 1 is 1.44 bits per heavy atom. The third-order valence-corrected chi connectivity index (χ3v) is 3.82. The number of hydrogen-bond acceptors (Lipinski definition) is 4. The normalized spacial score (nSPS) is 17.0. The Bertz CT molecular complexity index is 561. The molecule has 18 heavy (non-hydrogen) atoms. The van der Waals surface area contributed by atoms with Gasteiger partial charge in [-0.05, 0) is 36.3 Å². The summed E-state index contributed by atoms with van der Waals surface area (Å²) in [5.41, 5.74) is 1.15. The molecule has 0 bridgehead atoms. The maximum atomic E-state index is 5.90. The molecule has 2 heterocycles. The lowest BCUT2D eigenvalue weighted by atomic mass is 10.0. The molecule has 0 saturated heterocycles. The van der Waals surface area contributed by atoms with E-state index in [9.17, 15) is 0 Å². The molecule has 0 aromatic carbocycles. The summed E-state index contributed by atoms with van der Waals surface area (Å²) in [5.74, 6) is 0.779. The van der Waals surface area contributed by atoms with Gasteiger partial charge in [-0.2, -0.15) is 15.1 Å². The third kappa shape index (κ3) is 2.14. The van der Waals surface area contributed by atoms with Gasteiger partial charge >= 0.3 is 0 Å². The standard InChI is InChI=1S/C12H16ClN5/c1-2-3-12(4-5-12)7-14-9-8-6-15-18-10(8)17-11(13)16-9/h6H,2-5,7H2,1H3,(H2,14,15,16,17,18). The molecule has 3 rings (SSSR count).